The van der Waals surface area contributed by atoms with Gasteiger partial charge in [-0.2, -0.15) is 0 Å². The summed E-state index contributed by atoms with van der Waals surface area (Å²) >= 11 is 0. The molecule has 0 fully saturated rings. The normalized spacial score (nSPS) is 10.9. The molecular weight excluding hydrogens is 246 g/mol. The standard InChI is InChI=1S/C12H13N5O2/c13-8-5-11-10(16-12(18)19-11)6-9(8)15-2-4-17-3-1-14-7-17/h1,3,5-7,15H,2,4,13H2,(H,16,18). The van der Waals surface area contributed by atoms with Crippen LogP contribution in [0.25, 0.3) is 11.1 Å². The number of oxazole rings is 1. The Morgan fingerprint density at radius 1 is 1.47 bits per heavy atom. The van der Waals surface area contributed by atoms with E-state index in [1.165, 1.54) is 0 Å². The molecule has 0 amide bonds. The topological polar surface area (TPSA) is 102 Å². The Hall–Kier alpha value is -2.70. The summed E-state index contributed by atoms with van der Waals surface area (Å²) < 4.78 is 6.90. The van der Waals surface area contributed by atoms with Gasteiger partial charge in [0, 0.05) is 31.5 Å². The van der Waals surface area contributed by atoms with Crippen LogP contribution in [-0.4, -0.2) is 21.1 Å². The van der Waals surface area contributed by atoms with E-state index in [9.17, 15) is 4.79 Å². The zero-order valence-corrected chi connectivity index (χ0v) is 10.1. The first-order chi connectivity index (χ1) is 9.22. The Kier molecular flexibility index (Phi) is 2.71. The number of aromatic nitrogens is 3. The maximum absolute atomic E-state index is 11.1. The molecular formula is C12H13N5O2. The van der Waals surface area contributed by atoms with Gasteiger partial charge in [0.2, 0.25) is 0 Å². The second kappa shape index (κ2) is 4.52. The SMILES string of the molecule is Nc1cc2oc(=O)[nH]c2cc1NCCn1ccnc1. The number of rotatable bonds is 4. The molecule has 0 saturated carbocycles. The number of H-pyrrole nitrogens is 1. The minimum Gasteiger partial charge on any atom is -0.408 e. The molecule has 3 rings (SSSR count). The highest BCUT2D eigenvalue weighted by molar-refractivity contribution is 5.85. The van der Waals surface area contributed by atoms with Gasteiger partial charge in [-0.1, -0.05) is 0 Å². The van der Waals surface area contributed by atoms with Gasteiger partial charge in [-0.15, -0.1) is 0 Å². The molecule has 0 atom stereocenters. The Morgan fingerprint density at radius 3 is 3.16 bits per heavy atom. The number of aromatic amines is 1. The summed E-state index contributed by atoms with van der Waals surface area (Å²) in [4.78, 5) is 17.7. The van der Waals surface area contributed by atoms with E-state index in [1.807, 2.05) is 10.8 Å². The summed E-state index contributed by atoms with van der Waals surface area (Å²) in [7, 11) is 0. The predicted molar refractivity (Wildman–Crippen MR) is 72.0 cm³/mol. The zero-order valence-electron chi connectivity index (χ0n) is 10.1. The molecule has 0 aliphatic heterocycles. The molecule has 0 aliphatic carbocycles. The molecule has 0 unspecified atom stereocenters. The van der Waals surface area contributed by atoms with Crippen molar-refractivity contribution >= 4 is 22.5 Å². The van der Waals surface area contributed by atoms with Crippen molar-refractivity contribution in [2.24, 2.45) is 0 Å². The second-order valence-electron chi connectivity index (χ2n) is 4.18. The van der Waals surface area contributed by atoms with Gasteiger partial charge in [-0.05, 0) is 6.07 Å². The number of nitrogens with one attached hydrogen (secondary N) is 2. The van der Waals surface area contributed by atoms with E-state index in [0.717, 1.165) is 12.2 Å². The monoisotopic (exact) mass is 259 g/mol. The van der Waals surface area contributed by atoms with E-state index < -0.39 is 5.76 Å². The van der Waals surface area contributed by atoms with E-state index >= 15 is 0 Å². The number of anilines is 2. The maximum Gasteiger partial charge on any atom is 0.417 e. The van der Waals surface area contributed by atoms with Crippen LogP contribution in [0.15, 0.2) is 40.1 Å². The molecule has 0 bridgehead atoms. The van der Waals surface area contributed by atoms with E-state index in [2.05, 4.69) is 15.3 Å². The Labute approximate surface area is 108 Å². The summed E-state index contributed by atoms with van der Waals surface area (Å²) in [6.45, 7) is 1.48. The lowest BCUT2D eigenvalue weighted by Gasteiger charge is -2.09. The highest BCUT2D eigenvalue weighted by atomic mass is 16.4. The van der Waals surface area contributed by atoms with Crippen LogP contribution in [-0.2, 0) is 6.54 Å². The zero-order chi connectivity index (χ0) is 13.2. The van der Waals surface area contributed by atoms with E-state index in [-0.39, 0.29) is 0 Å². The molecule has 19 heavy (non-hydrogen) atoms. The molecule has 2 aromatic heterocycles. The molecule has 0 saturated heterocycles. The highest BCUT2D eigenvalue weighted by Gasteiger charge is 2.06. The van der Waals surface area contributed by atoms with Crippen LogP contribution in [0.3, 0.4) is 0 Å². The first kappa shape index (κ1) is 11.4. The third kappa shape index (κ3) is 2.30. The Morgan fingerprint density at radius 2 is 2.37 bits per heavy atom. The summed E-state index contributed by atoms with van der Waals surface area (Å²) in [6, 6.07) is 3.40. The average Bonchev–Trinajstić information content (AvgIpc) is 2.98. The van der Waals surface area contributed by atoms with Crippen molar-refractivity contribution in [2.45, 2.75) is 6.54 Å². The van der Waals surface area contributed by atoms with E-state index in [1.54, 1.807) is 24.7 Å². The number of nitrogen functional groups attached to an aromatic ring is 1. The molecule has 1 aromatic carbocycles. The summed E-state index contributed by atoms with van der Waals surface area (Å²) in [5, 5.41) is 3.22. The van der Waals surface area contributed by atoms with Crippen molar-refractivity contribution in [3.63, 3.8) is 0 Å². The van der Waals surface area contributed by atoms with Gasteiger partial charge in [0.1, 0.15) is 0 Å². The van der Waals surface area contributed by atoms with Crippen LogP contribution in [0.1, 0.15) is 0 Å². The van der Waals surface area contributed by atoms with Crippen LogP contribution in [0.5, 0.6) is 0 Å². The van der Waals surface area contributed by atoms with Crippen LogP contribution >= 0.6 is 0 Å². The largest absolute Gasteiger partial charge is 0.417 e. The fraction of sp³-hybridized carbons (Fsp3) is 0.167. The van der Waals surface area contributed by atoms with Gasteiger partial charge in [0.05, 0.1) is 23.2 Å². The lowest BCUT2D eigenvalue weighted by molar-refractivity contribution is 0.555. The number of benzene rings is 1. The molecule has 4 N–H and O–H groups in total. The van der Waals surface area contributed by atoms with Crippen molar-refractivity contribution in [3.05, 3.63) is 41.4 Å². The van der Waals surface area contributed by atoms with Crippen LogP contribution in [0.4, 0.5) is 11.4 Å². The van der Waals surface area contributed by atoms with Crippen molar-refractivity contribution in [2.75, 3.05) is 17.6 Å². The minimum atomic E-state index is -0.482. The summed E-state index contributed by atoms with van der Waals surface area (Å²) in [5.74, 6) is -0.482. The second-order valence-corrected chi connectivity index (χ2v) is 4.18. The van der Waals surface area contributed by atoms with Gasteiger partial charge in [0.25, 0.3) is 0 Å². The molecule has 98 valence electrons. The van der Waals surface area contributed by atoms with Crippen LogP contribution in [0.2, 0.25) is 0 Å². The van der Waals surface area contributed by atoms with E-state index in [0.29, 0.717) is 23.3 Å². The quantitative estimate of drug-likeness (QED) is 0.607. The molecule has 0 spiro atoms. The van der Waals surface area contributed by atoms with E-state index in [4.69, 9.17) is 10.2 Å². The lowest BCUT2D eigenvalue weighted by Crippen LogP contribution is -2.10. The van der Waals surface area contributed by atoms with Crippen LogP contribution < -0.4 is 16.8 Å². The molecule has 0 aliphatic rings. The predicted octanol–water partition coefficient (Wildman–Crippen LogP) is 1.01. The number of nitrogens with two attached hydrogens (primary N) is 1. The van der Waals surface area contributed by atoms with Gasteiger partial charge in [-0.25, -0.2) is 9.78 Å². The Bertz CT molecular complexity index is 741. The minimum absolute atomic E-state index is 0.461. The fourth-order valence-corrected chi connectivity index (χ4v) is 1.90. The molecule has 7 nitrogen and oxygen atoms in total. The van der Waals surface area contributed by atoms with Gasteiger partial charge < -0.3 is 20.0 Å². The smallest absolute Gasteiger partial charge is 0.408 e. The number of imidazole rings is 1. The number of hydrogen-bond donors (Lipinski definition) is 3. The van der Waals surface area contributed by atoms with Crippen LogP contribution in [0, 0.1) is 0 Å². The number of nitrogens with zero attached hydrogens (tertiary/aromatic N) is 2. The molecule has 7 heteroatoms. The van der Waals surface area contributed by atoms with Gasteiger partial charge >= 0.3 is 5.76 Å². The Balaban J connectivity index is 1.76. The molecule has 3 aromatic rings. The first-order valence-electron chi connectivity index (χ1n) is 5.84. The number of fused-ring (bicyclic) bond motifs is 1. The lowest BCUT2D eigenvalue weighted by atomic mass is 10.2. The fourth-order valence-electron chi connectivity index (χ4n) is 1.90. The van der Waals surface area contributed by atoms with Crippen molar-refractivity contribution in [1.29, 1.82) is 0 Å². The van der Waals surface area contributed by atoms with Gasteiger partial charge in [-0.3, -0.25) is 4.98 Å². The molecule has 2 heterocycles. The van der Waals surface area contributed by atoms with Crippen molar-refractivity contribution in [3.8, 4) is 0 Å². The average molecular weight is 259 g/mol. The van der Waals surface area contributed by atoms with Crippen molar-refractivity contribution in [1.82, 2.24) is 14.5 Å². The number of hydrogen-bond acceptors (Lipinski definition) is 5. The van der Waals surface area contributed by atoms with Gasteiger partial charge in [0.15, 0.2) is 5.58 Å². The van der Waals surface area contributed by atoms with Crippen molar-refractivity contribution < 1.29 is 4.42 Å². The summed E-state index contributed by atoms with van der Waals surface area (Å²) in [5.41, 5.74) is 8.30. The maximum atomic E-state index is 11.1. The third-order valence-corrected chi connectivity index (χ3v) is 2.84. The first-order valence-corrected chi connectivity index (χ1v) is 5.84. The summed E-state index contributed by atoms with van der Waals surface area (Å²) in [6.07, 6.45) is 5.38. The highest BCUT2D eigenvalue weighted by Crippen LogP contribution is 2.24. The molecule has 0 radical (unpaired) electrons. The third-order valence-electron chi connectivity index (χ3n) is 2.84.